The van der Waals surface area contributed by atoms with Crippen LogP contribution in [0.4, 0.5) is 0 Å². The zero-order valence-electron chi connectivity index (χ0n) is 10.3. The molecule has 1 amide bonds. The van der Waals surface area contributed by atoms with E-state index in [0.29, 0.717) is 0 Å². The second-order valence-corrected chi connectivity index (χ2v) is 5.52. The molecular weight excluding hydrogens is 176 g/mol. The Balaban J connectivity index is 4.26. The molecular formula is C11H24N2O. The van der Waals surface area contributed by atoms with Gasteiger partial charge in [-0.2, -0.15) is 0 Å². The molecule has 3 heteroatoms. The highest BCUT2D eigenvalue weighted by molar-refractivity contribution is 5.81. The van der Waals surface area contributed by atoms with E-state index in [0.717, 1.165) is 6.54 Å². The van der Waals surface area contributed by atoms with Gasteiger partial charge in [-0.25, -0.2) is 0 Å². The molecule has 1 atom stereocenters. The first-order valence-corrected chi connectivity index (χ1v) is 5.15. The van der Waals surface area contributed by atoms with Crippen LogP contribution in [0.5, 0.6) is 0 Å². The summed E-state index contributed by atoms with van der Waals surface area (Å²) in [7, 11) is 1.82. The topological polar surface area (TPSA) is 46.3 Å². The second-order valence-electron chi connectivity index (χ2n) is 5.52. The van der Waals surface area contributed by atoms with E-state index in [9.17, 15) is 4.79 Å². The Bertz CT molecular complexity index is 194. The lowest BCUT2D eigenvalue weighted by atomic mass is 9.95. The molecule has 0 aliphatic rings. The van der Waals surface area contributed by atoms with Crippen molar-refractivity contribution in [2.45, 2.75) is 40.7 Å². The first-order valence-electron chi connectivity index (χ1n) is 5.15. The minimum absolute atomic E-state index is 0.0370. The number of likely N-dealkylation sites (N-methyl/N-ethyl adjacent to an activating group) is 1. The summed E-state index contributed by atoms with van der Waals surface area (Å²) in [5, 5.41) is 0. The third-order valence-electron chi connectivity index (χ3n) is 2.09. The lowest BCUT2D eigenvalue weighted by Crippen LogP contribution is -2.47. The highest BCUT2D eigenvalue weighted by atomic mass is 16.2. The quantitative estimate of drug-likeness (QED) is 0.750. The van der Waals surface area contributed by atoms with Crippen LogP contribution < -0.4 is 5.73 Å². The van der Waals surface area contributed by atoms with Crippen molar-refractivity contribution in [3.63, 3.8) is 0 Å². The van der Waals surface area contributed by atoms with E-state index in [1.54, 1.807) is 4.90 Å². The normalized spacial score (nSPS) is 14.3. The number of carbonyl (C=O) groups excluding carboxylic acids is 1. The van der Waals surface area contributed by atoms with Crippen LogP contribution >= 0.6 is 0 Å². The van der Waals surface area contributed by atoms with Gasteiger partial charge in [0.2, 0.25) is 5.91 Å². The third kappa shape index (κ3) is 4.61. The molecule has 0 bridgehead atoms. The lowest BCUT2D eigenvalue weighted by Gasteiger charge is -2.29. The number of nitrogens with two attached hydrogens (primary N) is 1. The fourth-order valence-electron chi connectivity index (χ4n) is 1.33. The van der Waals surface area contributed by atoms with Crippen molar-refractivity contribution in [1.29, 1.82) is 0 Å². The SMILES string of the molecule is CC(C)C(N)C(=O)N(C)CC(C)(C)C. The van der Waals surface area contributed by atoms with Gasteiger partial charge >= 0.3 is 0 Å². The Morgan fingerprint density at radius 1 is 1.36 bits per heavy atom. The standard InChI is InChI=1S/C11H24N2O/c1-8(2)9(12)10(14)13(6)7-11(3,4)5/h8-9H,7,12H2,1-6H3. The average Bonchev–Trinajstić information content (AvgIpc) is 1.98. The van der Waals surface area contributed by atoms with Gasteiger partial charge in [-0.3, -0.25) is 4.79 Å². The van der Waals surface area contributed by atoms with E-state index in [4.69, 9.17) is 5.73 Å². The minimum Gasteiger partial charge on any atom is -0.344 e. The minimum atomic E-state index is -0.373. The Morgan fingerprint density at radius 2 is 1.79 bits per heavy atom. The maximum Gasteiger partial charge on any atom is 0.239 e. The van der Waals surface area contributed by atoms with Crippen molar-refractivity contribution in [3.05, 3.63) is 0 Å². The van der Waals surface area contributed by atoms with Crippen LogP contribution in [0.15, 0.2) is 0 Å². The number of hydrogen-bond donors (Lipinski definition) is 1. The van der Waals surface area contributed by atoms with Gasteiger partial charge in [-0.1, -0.05) is 34.6 Å². The molecule has 14 heavy (non-hydrogen) atoms. The smallest absolute Gasteiger partial charge is 0.239 e. The maximum absolute atomic E-state index is 11.8. The fourth-order valence-corrected chi connectivity index (χ4v) is 1.33. The molecule has 0 saturated carbocycles. The van der Waals surface area contributed by atoms with Crippen molar-refractivity contribution in [2.24, 2.45) is 17.1 Å². The van der Waals surface area contributed by atoms with Crippen LogP contribution in [0, 0.1) is 11.3 Å². The molecule has 3 nitrogen and oxygen atoms in total. The van der Waals surface area contributed by atoms with Crippen molar-refractivity contribution >= 4 is 5.91 Å². The molecule has 84 valence electrons. The Labute approximate surface area is 87.6 Å². The van der Waals surface area contributed by atoms with E-state index in [-0.39, 0.29) is 23.3 Å². The predicted molar refractivity (Wildman–Crippen MR) is 59.9 cm³/mol. The molecule has 1 unspecified atom stereocenters. The number of amides is 1. The molecule has 0 fully saturated rings. The largest absolute Gasteiger partial charge is 0.344 e. The molecule has 0 rings (SSSR count). The summed E-state index contributed by atoms with van der Waals surface area (Å²) < 4.78 is 0. The predicted octanol–water partition coefficient (Wildman–Crippen LogP) is 1.47. The first-order chi connectivity index (χ1) is 6.15. The van der Waals surface area contributed by atoms with Crippen LogP contribution in [0.3, 0.4) is 0 Å². The fraction of sp³-hybridized carbons (Fsp3) is 0.909. The van der Waals surface area contributed by atoms with Gasteiger partial charge in [0, 0.05) is 13.6 Å². The number of hydrogen-bond acceptors (Lipinski definition) is 2. The Hall–Kier alpha value is -0.570. The molecule has 0 aromatic rings. The summed E-state index contributed by atoms with van der Waals surface area (Å²) in [5.74, 6) is 0.236. The highest BCUT2D eigenvalue weighted by Crippen LogP contribution is 2.15. The van der Waals surface area contributed by atoms with E-state index < -0.39 is 0 Å². The van der Waals surface area contributed by atoms with Gasteiger partial charge in [-0.15, -0.1) is 0 Å². The average molecular weight is 200 g/mol. The van der Waals surface area contributed by atoms with Gasteiger partial charge in [0.15, 0.2) is 0 Å². The highest BCUT2D eigenvalue weighted by Gasteiger charge is 2.24. The summed E-state index contributed by atoms with van der Waals surface area (Å²) in [4.78, 5) is 13.5. The zero-order chi connectivity index (χ0) is 11.5. The number of rotatable bonds is 3. The molecule has 0 radical (unpaired) electrons. The summed E-state index contributed by atoms with van der Waals surface area (Å²) in [5.41, 5.74) is 5.91. The molecule has 0 aromatic heterocycles. The first kappa shape index (κ1) is 13.4. The van der Waals surface area contributed by atoms with Crippen molar-refractivity contribution in [3.8, 4) is 0 Å². The maximum atomic E-state index is 11.8. The van der Waals surface area contributed by atoms with Crippen LogP contribution in [0.2, 0.25) is 0 Å². The van der Waals surface area contributed by atoms with Crippen LogP contribution in [0.25, 0.3) is 0 Å². The van der Waals surface area contributed by atoms with Gasteiger partial charge < -0.3 is 10.6 Å². The molecule has 2 N–H and O–H groups in total. The monoisotopic (exact) mass is 200 g/mol. The van der Waals surface area contributed by atoms with E-state index >= 15 is 0 Å². The molecule has 0 aliphatic carbocycles. The number of nitrogens with zero attached hydrogens (tertiary/aromatic N) is 1. The molecule has 0 heterocycles. The van der Waals surface area contributed by atoms with E-state index in [1.807, 2.05) is 20.9 Å². The molecule has 0 spiro atoms. The van der Waals surface area contributed by atoms with Gasteiger partial charge in [0.1, 0.15) is 0 Å². The van der Waals surface area contributed by atoms with Gasteiger partial charge in [0.25, 0.3) is 0 Å². The zero-order valence-corrected chi connectivity index (χ0v) is 10.3. The van der Waals surface area contributed by atoms with Crippen molar-refractivity contribution in [1.82, 2.24) is 4.90 Å². The van der Waals surface area contributed by atoms with E-state index in [2.05, 4.69) is 20.8 Å². The van der Waals surface area contributed by atoms with Crippen molar-refractivity contribution < 1.29 is 4.79 Å². The second kappa shape index (κ2) is 4.78. The van der Waals surface area contributed by atoms with Crippen molar-refractivity contribution in [2.75, 3.05) is 13.6 Å². The van der Waals surface area contributed by atoms with E-state index in [1.165, 1.54) is 0 Å². The Morgan fingerprint density at radius 3 is 2.07 bits per heavy atom. The third-order valence-corrected chi connectivity index (χ3v) is 2.09. The van der Waals surface area contributed by atoms with Gasteiger partial charge in [0.05, 0.1) is 6.04 Å². The lowest BCUT2D eigenvalue weighted by molar-refractivity contribution is -0.133. The van der Waals surface area contributed by atoms with Crippen LogP contribution in [0.1, 0.15) is 34.6 Å². The molecule has 0 aromatic carbocycles. The summed E-state index contributed by atoms with van der Waals surface area (Å²) in [6.07, 6.45) is 0. The Kier molecular flexibility index (Phi) is 4.59. The summed E-state index contributed by atoms with van der Waals surface area (Å²) in [6, 6.07) is -0.373. The van der Waals surface area contributed by atoms with Crippen LogP contribution in [-0.4, -0.2) is 30.4 Å². The molecule has 0 aliphatic heterocycles. The van der Waals surface area contributed by atoms with Crippen LogP contribution in [-0.2, 0) is 4.79 Å². The van der Waals surface area contributed by atoms with Gasteiger partial charge in [-0.05, 0) is 11.3 Å². The number of carbonyl (C=O) groups is 1. The summed E-state index contributed by atoms with van der Waals surface area (Å²) >= 11 is 0. The molecule has 0 saturated heterocycles. The summed E-state index contributed by atoms with van der Waals surface area (Å²) in [6.45, 7) is 11.0.